The fourth-order valence-electron chi connectivity index (χ4n) is 1.77. The van der Waals surface area contributed by atoms with E-state index >= 15 is 0 Å². The number of hydrogen-bond donors (Lipinski definition) is 3. The van der Waals surface area contributed by atoms with E-state index in [1.807, 2.05) is 6.07 Å². The van der Waals surface area contributed by atoms with Crippen LogP contribution < -0.4 is 10.0 Å². The van der Waals surface area contributed by atoms with E-state index in [1.165, 1.54) is 24.4 Å². The zero-order valence-corrected chi connectivity index (χ0v) is 13.5. The van der Waals surface area contributed by atoms with Crippen molar-refractivity contribution in [3.8, 4) is 5.75 Å². The monoisotopic (exact) mass is 347 g/mol. The summed E-state index contributed by atoms with van der Waals surface area (Å²) in [6.45, 7) is -0.0686. The summed E-state index contributed by atoms with van der Waals surface area (Å²) in [5, 5.41) is 12.9. The van der Waals surface area contributed by atoms with Gasteiger partial charge < -0.3 is 10.4 Å². The molecule has 1 aromatic heterocycles. The van der Waals surface area contributed by atoms with E-state index in [1.54, 1.807) is 24.3 Å². The number of carbonyl (C=O) groups excluding carboxylic acids is 1. The van der Waals surface area contributed by atoms with Crippen molar-refractivity contribution < 1.29 is 18.3 Å². The van der Waals surface area contributed by atoms with Crippen molar-refractivity contribution >= 4 is 27.8 Å². The van der Waals surface area contributed by atoms with E-state index < -0.39 is 15.9 Å². The van der Waals surface area contributed by atoms with E-state index in [0.29, 0.717) is 0 Å². The maximum atomic E-state index is 11.8. The van der Waals surface area contributed by atoms with Gasteiger partial charge in [-0.1, -0.05) is 30.3 Å². The molecule has 2 rings (SSSR count). The molecule has 126 valence electrons. The van der Waals surface area contributed by atoms with Crippen LogP contribution in [0.5, 0.6) is 5.75 Å². The molecule has 2 aromatic rings. The molecular weight excluding hydrogens is 330 g/mol. The lowest BCUT2D eigenvalue weighted by Gasteiger charge is -2.06. The van der Waals surface area contributed by atoms with Gasteiger partial charge in [-0.25, -0.2) is 18.1 Å². The van der Waals surface area contributed by atoms with Crippen molar-refractivity contribution in [3.05, 3.63) is 59.6 Å². The van der Waals surface area contributed by atoms with Crippen molar-refractivity contribution in [1.82, 2.24) is 9.71 Å². The molecule has 0 radical (unpaired) electrons. The van der Waals surface area contributed by atoms with Gasteiger partial charge in [0.15, 0.2) is 11.6 Å². The number of nitrogens with zero attached hydrogens (tertiary/aromatic N) is 1. The minimum atomic E-state index is -3.63. The first-order valence-electron chi connectivity index (χ1n) is 7.13. The first kappa shape index (κ1) is 17.6. The Kier molecular flexibility index (Phi) is 6.05. The van der Waals surface area contributed by atoms with Crippen LogP contribution in [0, 0.1) is 0 Å². The predicted octanol–water partition coefficient (Wildman–Crippen LogP) is 1.71. The average molecular weight is 347 g/mol. The maximum Gasteiger partial charge on any atom is 0.233 e. The molecule has 0 aliphatic heterocycles. The van der Waals surface area contributed by atoms with E-state index in [0.717, 1.165) is 11.0 Å². The maximum absolute atomic E-state index is 11.8. The zero-order valence-electron chi connectivity index (χ0n) is 12.7. The molecule has 0 aliphatic carbocycles. The van der Waals surface area contributed by atoms with Crippen molar-refractivity contribution in [2.24, 2.45) is 0 Å². The Morgan fingerprint density at radius 1 is 1.17 bits per heavy atom. The van der Waals surface area contributed by atoms with E-state index in [9.17, 15) is 18.3 Å². The van der Waals surface area contributed by atoms with Gasteiger partial charge in [0, 0.05) is 24.6 Å². The van der Waals surface area contributed by atoms with Crippen molar-refractivity contribution in [2.75, 3.05) is 11.9 Å². The summed E-state index contributed by atoms with van der Waals surface area (Å²) >= 11 is 0. The SMILES string of the molecule is O=C(CCNS(=O)(=O)C=Cc1ccccc1)Nc1ncccc1O. The highest BCUT2D eigenvalue weighted by molar-refractivity contribution is 7.92. The Labute approximate surface area is 140 Å². The Hall–Kier alpha value is -2.71. The van der Waals surface area contributed by atoms with Gasteiger partial charge >= 0.3 is 0 Å². The van der Waals surface area contributed by atoms with Crippen LogP contribution in [0.2, 0.25) is 0 Å². The zero-order chi connectivity index (χ0) is 17.4. The van der Waals surface area contributed by atoms with Crippen LogP contribution in [0.15, 0.2) is 54.1 Å². The number of aromatic hydroxyl groups is 1. The van der Waals surface area contributed by atoms with Crippen molar-refractivity contribution in [2.45, 2.75) is 6.42 Å². The summed E-state index contributed by atoms with van der Waals surface area (Å²) in [6.07, 6.45) is 2.80. The largest absolute Gasteiger partial charge is 0.504 e. The molecule has 7 nitrogen and oxygen atoms in total. The standard InChI is InChI=1S/C16H17N3O4S/c20-14-7-4-10-17-16(14)19-15(21)8-11-18-24(22,23)12-9-13-5-2-1-3-6-13/h1-7,9-10,12,18,20H,8,11H2,(H,17,19,21). The smallest absolute Gasteiger partial charge is 0.233 e. The number of pyridine rings is 1. The molecule has 0 saturated carbocycles. The third-order valence-corrected chi connectivity index (χ3v) is 4.04. The summed E-state index contributed by atoms with van der Waals surface area (Å²) < 4.78 is 25.9. The van der Waals surface area contributed by atoms with Crippen LogP contribution >= 0.6 is 0 Å². The van der Waals surface area contributed by atoms with Crippen LogP contribution in [0.25, 0.3) is 6.08 Å². The molecular formula is C16H17N3O4S. The van der Waals surface area contributed by atoms with Gasteiger partial charge in [-0.15, -0.1) is 0 Å². The number of benzene rings is 1. The fraction of sp³-hybridized carbons (Fsp3) is 0.125. The number of sulfonamides is 1. The molecule has 0 fully saturated rings. The van der Waals surface area contributed by atoms with Gasteiger partial charge in [-0.3, -0.25) is 4.79 Å². The van der Waals surface area contributed by atoms with Gasteiger partial charge in [0.05, 0.1) is 0 Å². The van der Waals surface area contributed by atoms with Gasteiger partial charge in [0.25, 0.3) is 0 Å². The molecule has 0 unspecified atom stereocenters. The van der Waals surface area contributed by atoms with Crippen LogP contribution in [-0.2, 0) is 14.8 Å². The molecule has 0 saturated heterocycles. The lowest BCUT2D eigenvalue weighted by molar-refractivity contribution is -0.116. The summed E-state index contributed by atoms with van der Waals surface area (Å²) in [6, 6.07) is 11.9. The minimum absolute atomic E-state index is 0.0364. The minimum Gasteiger partial charge on any atom is -0.504 e. The Bertz CT molecular complexity index is 820. The number of hydrogen-bond acceptors (Lipinski definition) is 5. The summed E-state index contributed by atoms with van der Waals surface area (Å²) in [4.78, 5) is 15.5. The number of nitrogens with one attached hydrogen (secondary N) is 2. The molecule has 0 bridgehead atoms. The molecule has 8 heteroatoms. The summed E-state index contributed by atoms with van der Waals surface area (Å²) in [5.74, 6) is -0.578. The molecule has 0 aliphatic rings. The lowest BCUT2D eigenvalue weighted by atomic mass is 10.2. The van der Waals surface area contributed by atoms with Crippen molar-refractivity contribution in [1.29, 1.82) is 0 Å². The van der Waals surface area contributed by atoms with Crippen LogP contribution in [0.4, 0.5) is 5.82 Å². The number of anilines is 1. The highest BCUT2D eigenvalue weighted by Gasteiger charge is 2.09. The highest BCUT2D eigenvalue weighted by Crippen LogP contribution is 2.18. The quantitative estimate of drug-likeness (QED) is 0.706. The third kappa shape index (κ3) is 5.82. The van der Waals surface area contributed by atoms with Crippen LogP contribution in [0.3, 0.4) is 0 Å². The molecule has 3 N–H and O–H groups in total. The van der Waals surface area contributed by atoms with Gasteiger partial charge in [0.2, 0.25) is 15.9 Å². The number of aromatic nitrogens is 1. The van der Waals surface area contributed by atoms with Crippen molar-refractivity contribution in [3.63, 3.8) is 0 Å². The Morgan fingerprint density at radius 3 is 2.62 bits per heavy atom. The molecule has 0 spiro atoms. The van der Waals surface area contributed by atoms with Gasteiger partial charge in [-0.05, 0) is 23.8 Å². The second-order valence-corrected chi connectivity index (χ2v) is 6.47. The topological polar surface area (TPSA) is 108 Å². The van der Waals surface area contributed by atoms with E-state index in [-0.39, 0.29) is 24.5 Å². The van der Waals surface area contributed by atoms with Crippen LogP contribution in [-0.4, -0.2) is 31.0 Å². The van der Waals surface area contributed by atoms with E-state index in [2.05, 4.69) is 15.0 Å². The first-order chi connectivity index (χ1) is 11.5. The number of amides is 1. The molecule has 1 heterocycles. The van der Waals surface area contributed by atoms with Gasteiger partial charge in [-0.2, -0.15) is 0 Å². The second-order valence-electron chi connectivity index (χ2n) is 4.82. The van der Waals surface area contributed by atoms with Gasteiger partial charge in [0.1, 0.15) is 0 Å². The van der Waals surface area contributed by atoms with E-state index in [4.69, 9.17) is 0 Å². The summed E-state index contributed by atoms with van der Waals surface area (Å²) in [7, 11) is -3.63. The number of rotatable bonds is 7. The second kappa shape index (κ2) is 8.23. The average Bonchev–Trinajstić information content (AvgIpc) is 2.56. The Balaban J connectivity index is 1.81. The highest BCUT2D eigenvalue weighted by atomic mass is 32.2. The predicted molar refractivity (Wildman–Crippen MR) is 91.5 cm³/mol. The molecule has 1 aromatic carbocycles. The fourth-order valence-corrected chi connectivity index (χ4v) is 2.59. The molecule has 0 atom stereocenters. The first-order valence-corrected chi connectivity index (χ1v) is 8.67. The molecule has 1 amide bonds. The Morgan fingerprint density at radius 2 is 1.92 bits per heavy atom. The summed E-state index contributed by atoms with van der Waals surface area (Å²) in [5.41, 5.74) is 0.756. The molecule has 24 heavy (non-hydrogen) atoms. The lowest BCUT2D eigenvalue weighted by Crippen LogP contribution is -2.26. The van der Waals surface area contributed by atoms with Crippen LogP contribution in [0.1, 0.15) is 12.0 Å². The third-order valence-electron chi connectivity index (χ3n) is 2.94. The normalized spacial score (nSPS) is 11.5. The number of carbonyl (C=O) groups is 1.